The van der Waals surface area contributed by atoms with Crippen molar-refractivity contribution in [2.75, 3.05) is 33.5 Å². The molecule has 0 aliphatic carbocycles. The van der Waals surface area contributed by atoms with Crippen LogP contribution in [0.25, 0.3) is 0 Å². The lowest BCUT2D eigenvalue weighted by Crippen LogP contribution is -2.17. The molecule has 0 bridgehead atoms. The fourth-order valence-electron chi connectivity index (χ4n) is 2.34. The quantitative estimate of drug-likeness (QED) is 0.743. The van der Waals surface area contributed by atoms with Crippen LogP contribution in [0.3, 0.4) is 0 Å². The summed E-state index contributed by atoms with van der Waals surface area (Å²) in [6, 6.07) is 6.04. The highest BCUT2D eigenvalue weighted by atomic mass is 16.5. The first-order chi connectivity index (χ1) is 9.85. The van der Waals surface area contributed by atoms with Crippen LogP contribution in [-0.4, -0.2) is 33.5 Å². The van der Waals surface area contributed by atoms with E-state index in [9.17, 15) is 0 Å². The standard InChI is InChI=1S/C16H25NO3/c1-3-8-17-10-14-5-4-6-15(18-2)16(14)20-12-13-7-9-19-11-13/h4-6,13,17H,3,7-12H2,1-2H3. The van der Waals surface area contributed by atoms with Crippen LogP contribution in [0.5, 0.6) is 11.5 Å². The van der Waals surface area contributed by atoms with Gasteiger partial charge in [-0.3, -0.25) is 0 Å². The van der Waals surface area contributed by atoms with E-state index >= 15 is 0 Å². The van der Waals surface area contributed by atoms with Crippen LogP contribution in [0.4, 0.5) is 0 Å². The number of methoxy groups -OCH3 is 1. The fraction of sp³-hybridized carbons (Fsp3) is 0.625. The minimum absolute atomic E-state index is 0.497. The number of hydrogen-bond donors (Lipinski definition) is 1. The Morgan fingerprint density at radius 3 is 3.00 bits per heavy atom. The molecule has 4 nitrogen and oxygen atoms in total. The van der Waals surface area contributed by atoms with E-state index in [-0.39, 0.29) is 0 Å². The van der Waals surface area contributed by atoms with E-state index in [1.807, 2.05) is 12.1 Å². The van der Waals surface area contributed by atoms with Crippen molar-refractivity contribution in [2.45, 2.75) is 26.3 Å². The second-order valence-electron chi connectivity index (χ2n) is 5.17. The van der Waals surface area contributed by atoms with Gasteiger partial charge in [0, 0.05) is 24.6 Å². The monoisotopic (exact) mass is 279 g/mol. The first-order valence-electron chi connectivity index (χ1n) is 7.42. The SMILES string of the molecule is CCCNCc1cccc(OC)c1OCC1CCOC1. The molecule has 20 heavy (non-hydrogen) atoms. The minimum atomic E-state index is 0.497. The van der Waals surface area contributed by atoms with Gasteiger partial charge in [-0.05, 0) is 25.5 Å². The Morgan fingerprint density at radius 1 is 1.40 bits per heavy atom. The normalized spacial score (nSPS) is 18.2. The summed E-state index contributed by atoms with van der Waals surface area (Å²) in [5, 5.41) is 3.41. The molecule has 1 N–H and O–H groups in total. The maximum atomic E-state index is 6.03. The van der Waals surface area contributed by atoms with Crippen molar-refractivity contribution < 1.29 is 14.2 Å². The maximum Gasteiger partial charge on any atom is 0.165 e. The predicted molar refractivity (Wildman–Crippen MR) is 79.4 cm³/mol. The summed E-state index contributed by atoms with van der Waals surface area (Å²) in [4.78, 5) is 0. The maximum absolute atomic E-state index is 6.03. The van der Waals surface area contributed by atoms with Gasteiger partial charge in [0.2, 0.25) is 0 Å². The molecule has 2 rings (SSSR count). The van der Waals surface area contributed by atoms with Crippen LogP contribution in [0.1, 0.15) is 25.3 Å². The molecule has 0 amide bonds. The Bertz CT molecular complexity index is 403. The number of ether oxygens (including phenoxy) is 3. The van der Waals surface area contributed by atoms with Crippen molar-refractivity contribution in [3.8, 4) is 11.5 Å². The zero-order valence-corrected chi connectivity index (χ0v) is 12.5. The summed E-state index contributed by atoms with van der Waals surface area (Å²) in [7, 11) is 1.68. The molecule has 112 valence electrons. The van der Waals surface area contributed by atoms with Gasteiger partial charge in [0.15, 0.2) is 11.5 Å². The summed E-state index contributed by atoms with van der Waals surface area (Å²) in [5.41, 5.74) is 1.15. The molecule has 1 aromatic rings. The molecule has 0 radical (unpaired) electrons. The fourth-order valence-corrected chi connectivity index (χ4v) is 2.34. The highest BCUT2D eigenvalue weighted by Gasteiger charge is 2.18. The molecular formula is C16H25NO3. The molecule has 0 aromatic heterocycles. The van der Waals surface area contributed by atoms with E-state index in [0.29, 0.717) is 12.5 Å². The molecule has 1 saturated heterocycles. The van der Waals surface area contributed by atoms with Crippen molar-refractivity contribution in [1.29, 1.82) is 0 Å². The third-order valence-electron chi connectivity index (χ3n) is 3.51. The number of rotatable bonds is 8. The Balaban J connectivity index is 2.01. The molecule has 0 spiro atoms. The van der Waals surface area contributed by atoms with E-state index < -0.39 is 0 Å². The van der Waals surface area contributed by atoms with Crippen LogP contribution in [-0.2, 0) is 11.3 Å². The van der Waals surface area contributed by atoms with E-state index in [2.05, 4.69) is 18.3 Å². The van der Waals surface area contributed by atoms with Crippen LogP contribution in [0.2, 0.25) is 0 Å². The van der Waals surface area contributed by atoms with Crippen LogP contribution < -0.4 is 14.8 Å². The number of para-hydroxylation sites is 1. The van der Waals surface area contributed by atoms with E-state index in [0.717, 1.165) is 56.2 Å². The van der Waals surface area contributed by atoms with E-state index in [4.69, 9.17) is 14.2 Å². The molecule has 1 heterocycles. The van der Waals surface area contributed by atoms with Crippen molar-refractivity contribution in [3.05, 3.63) is 23.8 Å². The zero-order chi connectivity index (χ0) is 14.2. The lowest BCUT2D eigenvalue weighted by Gasteiger charge is -2.17. The van der Waals surface area contributed by atoms with Crippen molar-refractivity contribution in [2.24, 2.45) is 5.92 Å². The molecule has 1 fully saturated rings. The van der Waals surface area contributed by atoms with Gasteiger partial charge >= 0.3 is 0 Å². The Morgan fingerprint density at radius 2 is 2.30 bits per heavy atom. The largest absolute Gasteiger partial charge is 0.493 e. The highest BCUT2D eigenvalue weighted by Crippen LogP contribution is 2.32. The zero-order valence-electron chi connectivity index (χ0n) is 12.5. The Kier molecular flexibility index (Phi) is 6.15. The second-order valence-corrected chi connectivity index (χ2v) is 5.17. The first-order valence-corrected chi connectivity index (χ1v) is 7.42. The van der Waals surface area contributed by atoms with Gasteiger partial charge in [0.05, 0.1) is 20.3 Å². The first kappa shape index (κ1) is 15.1. The third-order valence-corrected chi connectivity index (χ3v) is 3.51. The average Bonchev–Trinajstić information content (AvgIpc) is 2.99. The summed E-state index contributed by atoms with van der Waals surface area (Å²) in [5.74, 6) is 2.17. The van der Waals surface area contributed by atoms with Gasteiger partial charge in [0.25, 0.3) is 0 Å². The molecule has 1 atom stereocenters. The smallest absolute Gasteiger partial charge is 0.165 e. The van der Waals surface area contributed by atoms with Crippen LogP contribution in [0.15, 0.2) is 18.2 Å². The average molecular weight is 279 g/mol. The van der Waals surface area contributed by atoms with Gasteiger partial charge in [-0.15, -0.1) is 0 Å². The Hall–Kier alpha value is -1.26. The van der Waals surface area contributed by atoms with Gasteiger partial charge < -0.3 is 19.5 Å². The number of benzene rings is 1. The highest BCUT2D eigenvalue weighted by molar-refractivity contribution is 5.46. The summed E-state index contributed by atoms with van der Waals surface area (Å²) < 4.78 is 16.8. The molecule has 1 aromatic carbocycles. The predicted octanol–water partition coefficient (Wildman–Crippen LogP) is 2.61. The second kappa shape index (κ2) is 8.12. The molecule has 0 saturated carbocycles. The number of nitrogens with one attached hydrogen (secondary N) is 1. The summed E-state index contributed by atoms with van der Waals surface area (Å²) in [6.07, 6.45) is 2.21. The minimum Gasteiger partial charge on any atom is -0.493 e. The van der Waals surface area contributed by atoms with Crippen LogP contribution >= 0.6 is 0 Å². The van der Waals surface area contributed by atoms with Gasteiger partial charge in [0.1, 0.15) is 0 Å². The summed E-state index contributed by atoms with van der Waals surface area (Å²) >= 11 is 0. The van der Waals surface area contributed by atoms with E-state index in [1.165, 1.54) is 0 Å². The van der Waals surface area contributed by atoms with Crippen LogP contribution in [0, 0.1) is 5.92 Å². The lowest BCUT2D eigenvalue weighted by molar-refractivity contribution is 0.165. The number of hydrogen-bond acceptors (Lipinski definition) is 4. The molecule has 1 aliphatic rings. The topological polar surface area (TPSA) is 39.7 Å². The van der Waals surface area contributed by atoms with Gasteiger partial charge in [-0.25, -0.2) is 0 Å². The van der Waals surface area contributed by atoms with Gasteiger partial charge in [-0.2, -0.15) is 0 Å². The molecular weight excluding hydrogens is 254 g/mol. The van der Waals surface area contributed by atoms with Gasteiger partial charge in [-0.1, -0.05) is 19.1 Å². The molecule has 1 aliphatic heterocycles. The lowest BCUT2D eigenvalue weighted by atomic mass is 10.1. The van der Waals surface area contributed by atoms with Crippen molar-refractivity contribution >= 4 is 0 Å². The Labute approximate surface area is 121 Å². The van der Waals surface area contributed by atoms with Crippen molar-refractivity contribution in [3.63, 3.8) is 0 Å². The third kappa shape index (κ3) is 4.12. The van der Waals surface area contributed by atoms with Crippen molar-refractivity contribution in [1.82, 2.24) is 5.32 Å². The molecule has 1 unspecified atom stereocenters. The summed E-state index contributed by atoms with van der Waals surface area (Å²) in [6.45, 7) is 6.33. The molecule has 4 heteroatoms. The van der Waals surface area contributed by atoms with E-state index in [1.54, 1.807) is 7.11 Å².